The third kappa shape index (κ3) is 2.41. The molecule has 2 heteroatoms. The van der Waals surface area contributed by atoms with Crippen molar-refractivity contribution in [1.82, 2.24) is 5.32 Å². The summed E-state index contributed by atoms with van der Waals surface area (Å²) < 4.78 is 0. The Labute approximate surface area is 86.0 Å². The maximum Gasteiger partial charge on any atom is 0.0561 e. The molecule has 1 heterocycles. The van der Waals surface area contributed by atoms with E-state index < -0.39 is 0 Å². The third-order valence-corrected chi connectivity index (χ3v) is 5.01. The zero-order valence-corrected chi connectivity index (χ0v) is 9.41. The summed E-state index contributed by atoms with van der Waals surface area (Å²) in [6, 6.07) is 0. The number of rotatable bonds is 2. The molecule has 0 radical (unpaired) electrons. The largest absolute Gasteiger partial charge is 0.304 e. The van der Waals surface area contributed by atoms with Crippen LogP contribution in [0, 0.1) is 11.8 Å². The standard InChI is InChI=1S/C11H21NS/c1-9(11-12-7-8-13-11)10-5-3-2-4-6-10/h9-12H,2-8H2,1H3. The van der Waals surface area contributed by atoms with E-state index in [0.29, 0.717) is 0 Å². The minimum Gasteiger partial charge on any atom is -0.304 e. The lowest BCUT2D eigenvalue weighted by Gasteiger charge is -2.31. The molecule has 0 spiro atoms. The van der Waals surface area contributed by atoms with Crippen LogP contribution in [0.4, 0.5) is 0 Å². The molecule has 76 valence electrons. The lowest BCUT2D eigenvalue weighted by Crippen LogP contribution is -2.32. The van der Waals surface area contributed by atoms with Gasteiger partial charge in [0.05, 0.1) is 5.37 Å². The molecule has 2 rings (SSSR count). The maximum absolute atomic E-state index is 3.62. The van der Waals surface area contributed by atoms with Gasteiger partial charge in [0, 0.05) is 12.3 Å². The van der Waals surface area contributed by atoms with E-state index in [1.54, 1.807) is 0 Å². The number of hydrogen-bond donors (Lipinski definition) is 1. The second kappa shape index (κ2) is 4.70. The average Bonchev–Trinajstić information content (AvgIpc) is 2.71. The predicted octanol–water partition coefficient (Wildman–Crippen LogP) is 2.87. The normalized spacial score (nSPS) is 33.5. The van der Waals surface area contributed by atoms with Gasteiger partial charge in [-0.1, -0.05) is 39.0 Å². The molecule has 1 aliphatic heterocycles. The Kier molecular flexibility index (Phi) is 3.56. The van der Waals surface area contributed by atoms with E-state index in [1.165, 1.54) is 44.4 Å². The molecule has 1 N–H and O–H groups in total. The summed E-state index contributed by atoms with van der Waals surface area (Å²) in [5.74, 6) is 3.23. The highest BCUT2D eigenvalue weighted by Gasteiger charge is 2.28. The second-order valence-electron chi connectivity index (χ2n) is 4.50. The minimum absolute atomic E-state index is 0.767. The van der Waals surface area contributed by atoms with E-state index in [1.807, 2.05) is 0 Å². The zero-order chi connectivity index (χ0) is 9.10. The van der Waals surface area contributed by atoms with Gasteiger partial charge in [0.25, 0.3) is 0 Å². The fourth-order valence-electron chi connectivity index (χ4n) is 2.69. The van der Waals surface area contributed by atoms with Gasteiger partial charge in [-0.25, -0.2) is 0 Å². The SMILES string of the molecule is CC(C1CCCCC1)C1NCCS1. The van der Waals surface area contributed by atoms with Crippen molar-refractivity contribution in [2.45, 2.75) is 44.4 Å². The smallest absolute Gasteiger partial charge is 0.0561 e. The molecule has 0 aromatic carbocycles. The van der Waals surface area contributed by atoms with Crippen LogP contribution in [0.5, 0.6) is 0 Å². The molecule has 0 bridgehead atoms. The average molecular weight is 199 g/mol. The van der Waals surface area contributed by atoms with Crippen LogP contribution in [-0.4, -0.2) is 17.7 Å². The van der Waals surface area contributed by atoms with Crippen LogP contribution in [0.2, 0.25) is 0 Å². The first-order valence-electron chi connectivity index (χ1n) is 5.73. The Balaban J connectivity index is 1.83. The summed E-state index contributed by atoms with van der Waals surface area (Å²) in [5, 5.41) is 4.38. The summed E-state index contributed by atoms with van der Waals surface area (Å²) in [7, 11) is 0. The molecule has 2 atom stereocenters. The molecule has 1 saturated heterocycles. The monoisotopic (exact) mass is 199 g/mol. The van der Waals surface area contributed by atoms with Gasteiger partial charge in [0.15, 0.2) is 0 Å². The lowest BCUT2D eigenvalue weighted by molar-refractivity contribution is 0.250. The van der Waals surface area contributed by atoms with Crippen molar-refractivity contribution in [2.24, 2.45) is 11.8 Å². The highest BCUT2D eigenvalue weighted by atomic mass is 32.2. The molecule has 13 heavy (non-hydrogen) atoms. The van der Waals surface area contributed by atoms with Crippen molar-refractivity contribution in [3.8, 4) is 0 Å². The van der Waals surface area contributed by atoms with E-state index in [0.717, 1.165) is 17.2 Å². The van der Waals surface area contributed by atoms with E-state index in [4.69, 9.17) is 0 Å². The minimum atomic E-state index is 0.767. The first kappa shape index (κ1) is 9.85. The van der Waals surface area contributed by atoms with Crippen LogP contribution in [0.3, 0.4) is 0 Å². The summed E-state index contributed by atoms with van der Waals surface area (Å²) in [4.78, 5) is 0. The van der Waals surface area contributed by atoms with Crippen LogP contribution in [0.15, 0.2) is 0 Å². The Bertz CT molecular complexity index is 148. The van der Waals surface area contributed by atoms with Crippen molar-refractivity contribution < 1.29 is 0 Å². The van der Waals surface area contributed by atoms with Gasteiger partial charge in [-0.15, -0.1) is 11.8 Å². The molecule has 1 saturated carbocycles. The van der Waals surface area contributed by atoms with Crippen molar-refractivity contribution in [3.05, 3.63) is 0 Å². The van der Waals surface area contributed by atoms with Crippen LogP contribution in [0.25, 0.3) is 0 Å². The third-order valence-electron chi connectivity index (χ3n) is 3.62. The molecule has 2 aliphatic rings. The Morgan fingerprint density at radius 2 is 2.00 bits per heavy atom. The van der Waals surface area contributed by atoms with Gasteiger partial charge in [0.1, 0.15) is 0 Å². The molecule has 0 aromatic heterocycles. The molecular formula is C11H21NS. The van der Waals surface area contributed by atoms with E-state index in [9.17, 15) is 0 Å². The second-order valence-corrected chi connectivity index (χ2v) is 5.75. The predicted molar refractivity (Wildman–Crippen MR) is 60.0 cm³/mol. The highest BCUT2D eigenvalue weighted by molar-refractivity contribution is 8.00. The molecule has 0 amide bonds. The van der Waals surface area contributed by atoms with E-state index in [2.05, 4.69) is 24.0 Å². The van der Waals surface area contributed by atoms with Gasteiger partial charge in [-0.2, -0.15) is 0 Å². The Morgan fingerprint density at radius 1 is 1.23 bits per heavy atom. The van der Waals surface area contributed by atoms with Crippen molar-refractivity contribution in [2.75, 3.05) is 12.3 Å². The summed E-state index contributed by atoms with van der Waals surface area (Å²) in [5.41, 5.74) is 0. The molecule has 1 aliphatic carbocycles. The molecule has 2 fully saturated rings. The topological polar surface area (TPSA) is 12.0 Å². The highest BCUT2D eigenvalue weighted by Crippen LogP contribution is 2.35. The Hall–Kier alpha value is 0.310. The number of thioether (sulfide) groups is 1. The van der Waals surface area contributed by atoms with Crippen molar-refractivity contribution in [1.29, 1.82) is 0 Å². The lowest BCUT2D eigenvalue weighted by atomic mass is 9.81. The quantitative estimate of drug-likeness (QED) is 0.734. The van der Waals surface area contributed by atoms with Gasteiger partial charge in [-0.05, 0) is 11.8 Å². The number of nitrogens with one attached hydrogen (secondary N) is 1. The summed E-state index contributed by atoms with van der Waals surface area (Å²) >= 11 is 2.13. The molecule has 2 unspecified atom stereocenters. The number of hydrogen-bond acceptors (Lipinski definition) is 2. The molecular weight excluding hydrogens is 178 g/mol. The summed E-state index contributed by atoms with van der Waals surface area (Å²) in [6.45, 7) is 3.68. The van der Waals surface area contributed by atoms with Crippen LogP contribution in [-0.2, 0) is 0 Å². The maximum atomic E-state index is 3.62. The summed E-state index contributed by atoms with van der Waals surface area (Å²) in [6.07, 6.45) is 7.41. The first-order valence-corrected chi connectivity index (χ1v) is 6.78. The Morgan fingerprint density at radius 3 is 2.62 bits per heavy atom. The van der Waals surface area contributed by atoms with Gasteiger partial charge in [-0.3, -0.25) is 0 Å². The van der Waals surface area contributed by atoms with Crippen molar-refractivity contribution in [3.63, 3.8) is 0 Å². The van der Waals surface area contributed by atoms with Crippen LogP contribution < -0.4 is 5.32 Å². The van der Waals surface area contributed by atoms with E-state index >= 15 is 0 Å². The molecule has 0 aromatic rings. The van der Waals surface area contributed by atoms with Gasteiger partial charge >= 0.3 is 0 Å². The van der Waals surface area contributed by atoms with E-state index in [-0.39, 0.29) is 0 Å². The van der Waals surface area contributed by atoms with Gasteiger partial charge < -0.3 is 5.32 Å². The van der Waals surface area contributed by atoms with Gasteiger partial charge in [0.2, 0.25) is 0 Å². The van der Waals surface area contributed by atoms with Crippen molar-refractivity contribution >= 4 is 11.8 Å². The van der Waals surface area contributed by atoms with Crippen LogP contribution in [0.1, 0.15) is 39.0 Å². The molecule has 1 nitrogen and oxygen atoms in total. The fourth-order valence-corrected chi connectivity index (χ4v) is 3.94. The van der Waals surface area contributed by atoms with Crippen LogP contribution >= 0.6 is 11.8 Å². The fraction of sp³-hybridized carbons (Fsp3) is 1.00. The zero-order valence-electron chi connectivity index (χ0n) is 8.59. The first-order chi connectivity index (χ1) is 6.38.